The summed E-state index contributed by atoms with van der Waals surface area (Å²) in [5.74, 6) is 0.131. The lowest BCUT2D eigenvalue weighted by molar-refractivity contribution is -0.148. The lowest BCUT2D eigenvalue weighted by Crippen LogP contribution is -2.36. The van der Waals surface area contributed by atoms with E-state index in [9.17, 15) is 14.7 Å². The standard InChI is InChI=1S/C15H25NO3/c1-2-15(14(18)19)9-10-16(11-15)13(17)8-7-12-5-3-4-6-12/h12H,2-11H2,1H3,(H,18,19). The van der Waals surface area contributed by atoms with Crippen LogP contribution in [0.5, 0.6) is 0 Å². The molecule has 1 heterocycles. The number of hydrogen-bond acceptors (Lipinski definition) is 2. The highest BCUT2D eigenvalue weighted by Crippen LogP contribution is 2.35. The minimum absolute atomic E-state index is 0.156. The summed E-state index contributed by atoms with van der Waals surface area (Å²) < 4.78 is 0. The second-order valence-corrected chi connectivity index (χ2v) is 6.19. The van der Waals surface area contributed by atoms with Crippen LogP contribution in [-0.2, 0) is 9.59 Å². The number of carbonyl (C=O) groups excluding carboxylic acids is 1. The van der Waals surface area contributed by atoms with Crippen molar-refractivity contribution >= 4 is 11.9 Å². The molecule has 1 unspecified atom stereocenters. The van der Waals surface area contributed by atoms with Gasteiger partial charge in [-0.05, 0) is 25.2 Å². The first-order valence-electron chi connectivity index (χ1n) is 7.58. The molecule has 19 heavy (non-hydrogen) atoms. The number of carboxylic acids is 1. The smallest absolute Gasteiger partial charge is 0.311 e. The molecule has 1 aliphatic carbocycles. The van der Waals surface area contributed by atoms with E-state index in [0.717, 1.165) is 12.3 Å². The monoisotopic (exact) mass is 267 g/mol. The fraction of sp³-hybridized carbons (Fsp3) is 0.867. The van der Waals surface area contributed by atoms with Crippen LogP contribution in [0.4, 0.5) is 0 Å². The molecule has 1 amide bonds. The van der Waals surface area contributed by atoms with E-state index in [-0.39, 0.29) is 5.91 Å². The van der Waals surface area contributed by atoms with Gasteiger partial charge in [0.2, 0.25) is 5.91 Å². The van der Waals surface area contributed by atoms with Crippen LogP contribution >= 0.6 is 0 Å². The van der Waals surface area contributed by atoms with Crippen LogP contribution in [0.3, 0.4) is 0 Å². The summed E-state index contributed by atoms with van der Waals surface area (Å²) in [6.07, 6.45) is 7.94. The van der Waals surface area contributed by atoms with E-state index in [1.165, 1.54) is 25.7 Å². The Labute approximate surface area is 115 Å². The SMILES string of the molecule is CCC1(C(=O)O)CCN(C(=O)CCC2CCCC2)C1. The molecule has 2 fully saturated rings. The van der Waals surface area contributed by atoms with E-state index in [1.807, 2.05) is 6.92 Å². The number of aliphatic carboxylic acids is 1. The minimum atomic E-state index is -0.749. The van der Waals surface area contributed by atoms with Crippen LogP contribution in [-0.4, -0.2) is 35.0 Å². The summed E-state index contributed by atoms with van der Waals surface area (Å²) in [4.78, 5) is 25.3. The van der Waals surface area contributed by atoms with Crippen molar-refractivity contribution < 1.29 is 14.7 Å². The number of amides is 1. The Hall–Kier alpha value is -1.06. The predicted octanol–water partition coefficient (Wildman–Crippen LogP) is 2.67. The van der Waals surface area contributed by atoms with Crippen LogP contribution in [0.1, 0.15) is 58.3 Å². The van der Waals surface area contributed by atoms with Crippen molar-refractivity contribution in [1.29, 1.82) is 0 Å². The van der Waals surface area contributed by atoms with Crippen LogP contribution < -0.4 is 0 Å². The highest BCUT2D eigenvalue weighted by Gasteiger charge is 2.44. The topological polar surface area (TPSA) is 57.6 Å². The summed E-state index contributed by atoms with van der Waals surface area (Å²) in [5.41, 5.74) is -0.691. The molecule has 0 aromatic heterocycles. The maximum atomic E-state index is 12.2. The van der Waals surface area contributed by atoms with Gasteiger partial charge in [-0.25, -0.2) is 0 Å². The number of hydrogen-bond donors (Lipinski definition) is 1. The predicted molar refractivity (Wildman–Crippen MR) is 72.7 cm³/mol. The van der Waals surface area contributed by atoms with Gasteiger partial charge in [0.1, 0.15) is 0 Å². The molecule has 1 saturated carbocycles. The molecule has 0 aromatic carbocycles. The Morgan fingerprint density at radius 3 is 2.53 bits per heavy atom. The third-order valence-corrected chi connectivity index (χ3v) is 5.08. The van der Waals surface area contributed by atoms with Gasteiger partial charge in [0.15, 0.2) is 0 Å². The van der Waals surface area contributed by atoms with E-state index in [1.54, 1.807) is 4.90 Å². The zero-order valence-corrected chi connectivity index (χ0v) is 11.9. The van der Waals surface area contributed by atoms with Crippen molar-refractivity contribution in [2.45, 2.75) is 58.3 Å². The number of rotatable bonds is 5. The average Bonchev–Trinajstić information content (AvgIpc) is 3.05. The van der Waals surface area contributed by atoms with Crippen molar-refractivity contribution in [2.75, 3.05) is 13.1 Å². The van der Waals surface area contributed by atoms with Gasteiger partial charge >= 0.3 is 5.97 Å². The molecule has 0 spiro atoms. The van der Waals surface area contributed by atoms with Gasteiger partial charge < -0.3 is 10.0 Å². The Morgan fingerprint density at radius 1 is 1.32 bits per heavy atom. The summed E-state index contributed by atoms with van der Waals surface area (Å²) in [5, 5.41) is 9.33. The lowest BCUT2D eigenvalue weighted by atomic mass is 9.84. The van der Waals surface area contributed by atoms with Crippen LogP contribution in [0, 0.1) is 11.3 Å². The van der Waals surface area contributed by atoms with E-state index < -0.39 is 11.4 Å². The minimum Gasteiger partial charge on any atom is -0.481 e. The summed E-state index contributed by atoms with van der Waals surface area (Å²) in [6.45, 7) is 2.92. The average molecular weight is 267 g/mol. The number of carbonyl (C=O) groups is 2. The molecule has 2 rings (SSSR count). The van der Waals surface area contributed by atoms with Gasteiger partial charge in [-0.3, -0.25) is 9.59 Å². The van der Waals surface area contributed by atoms with Crippen molar-refractivity contribution in [3.05, 3.63) is 0 Å². The van der Waals surface area contributed by atoms with Gasteiger partial charge in [-0.15, -0.1) is 0 Å². The molecule has 0 radical (unpaired) electrons. The Kier molecular flexibility index (Phi) is 4.48. The van der Waals surface area contributed by atoms with Crippen molar-refractivity contribution in [1.82, 2.24) is 4.90 Å². The molecule has 1 atom stereocenters. The first kappa shape index (κ1) is 14.4. The van der Waals surface area contributed by atoms with E-state index in [0.29, 0.717) is 32.4 Å². The van der Waals surface area contributed by atoms with Crippen molar-refractivity contribution in [3.8, 4) is 0 Å². The molecule has 108 valence electrons. The second-order valence-electron chi connectivity index (χ2n) is 6.19. The molecule has 1 saturated heterocycles. The summed E-state index contributed by atoms with van der Waals surface area (Å²) in [7, 11) is 0. The van der Waals surface area contributed by atoms with Crippen LogP contribution in [0.15, 0.2) is 0 Å². The van der Waals surface area contributed by atoms with Crippen LogP contribution in [0.25, 0.3) is 0 Å². The molecular formula is C15H25NO3. The Balaban J connectivity index is 1.82. The molecule has 0 aromatic rings. The van der Waals surface area contributed by atoms with E-state index in [4.69, 9.17) is 0 Å². The molecule has 2 aliphatic rings. The number of nitrogens with zero attached hydrogens (tertiary/aromatic N) is 1. The first-order chi connectivity index (χ1) is 9.07. The maximum Gasteiger partial charge on any atom is 0.311 e. The molecule has 4 heteroatoms. The van der Waals surface area contributed by atoms with Gasteiger partial charge in [0.25, 0.3) is 0 Å². The molecular weight excluding hydrogens is 242 g/mol. The van der Waals surface area contributed by atoms with Crippen LogP contribution in [0.2, 0.25) is 0 Å². The number of likely N-dealkylation sites (tertiary alicyclic amines) is 1. The maximum absolute atomic E-state index is 12.2. The molecule has 0 bridgehead atoms. The third kappa shape index (κ3) is 3.10. The molecule has 4 nitrogen and oxygen atoms in total. The van der Waals surface area contributed by atoms with Crippen molar-refractivity contribution in [2.24, 2.45) is 11.3 Å². The molecule has 1 N–H and O–H groups in total. The third-order valence-electron chi connectivity index (χ3n) is 5.08. The fourth-order valence-electron chi connectivity index (χ4n) is 3.48. The quantitative estimate of drug-likeness (QED) is 0.833. The fourth-order valence-corrected chi connectivity index (χ4v) is 3.48. The first-order valence-corrected chi connectivity index (χ1v) is 7.58. The normalized spacial score (nSPS) is 27.9. The van der Waals surface area contributed by atoms with E-state index in [2.05, 4.69) is 0 Å². The highest BCUT2D eigenvalue weighted by atomic mass is 16.4. The van der Waals surface area contributed by atoms with Gasteiger partial charge in [0.05, 0.1) is 5.41 Å². The number of carboxylic acid groups (broad SMARTS) is 1. The Morgan fingerprint density at radius 2 is 2.00 bits per heavy atom. The van der Waals surface area contributed by atoms with Gasteiger partial charge in [0, 0.05) is 19.5 Å². The lowest BCUT2D eigenvalue weighted by Gasteiger charge is -2.23. The summed E-state index contributed by atoms with van der Waals surface area (Å²) >= 11 is 0. The summed E-state index contributed by atoms with van der Waals surface area (Å²) in [6, 6.07) is 0. The zero-order chi connectivity index (χ0) is 13.9. The van der Waals surface area contributed by atoms with Crippen molar-refractivity contribution in [3.63, 3.8) is 0 Å². The zero-order valence-electron chi connectivity index (χ0n) is 11.9. The second kappa shape index (κ2) is 5.93. The largest absolute Gasteiger partial charge is 0.481 e. The highest BCUT2D eigenvalue weighted by molar-refractivity contribution is 5.80. The molecule has 1 aliphatic heterocycles. The Bertz CT molecular complexity index is 349. The van der Waals surface area contributed by atoms with Gasteiger partial charge in [-0.1, -0.05) is 32.6 Å². The van der Waals surface area contributed by atoms with E-state index >= 15 is 0 Å². The van der Waals surface area contributed by atoms with Gasteiger partial charge in [-0.2, -0.15) is 0 Å².